The highest BCUT2D eigenvalue weighted by Crippen LogP contribution is 2.20. The van der Waals surface area contributed by atoms with Crippen molar-refractivity contribution in [2.45, 2.75) is 0 Å². The Hall–Kier alpha value is -2.04. The van der Waals surface area contributed by atoms with E-state index in [1.165, 1.54) is 13.2 Å². The minimum absolute atomic E-state index is 0.182. The molecule has 0 spiro atoms. The van der Waals surface area contributed by atoms with Crippen LogP contribution in [-0.4, -0.2) is 16.9 Å². The van der Waals surface area contributed by atoms with Crippen LogP contribution in [0.4, 0.5) is 10.2 Å². The van der Waals surface area contributed by atoms with Crippen LogP contribution in [0.5, 0.6) is 5.75 Å². The summed E-state index contributed by atoms with van der Waals surface area (Å²) in [6.45, 7) is 0. The van der Waals surface area contributed by atoms with Crippen LogP contribution in [0.25, 0.3) is 5.69 Å². The molecule has 1 heterocycles. The molecular weight excluding hydrogens is 197 g/mol. The van der Waals surface area contributed by atoms with Gasteiger partial charge in [0, 0.05) is 18.3 Å². The Labute approximate surface area is 86.1 Å². The van der Waals surface area contributed by atoms with Crippen molar-refractivity contribution < 1.29 is 9.13 Å². The Morgan fingerprint density at radius 3 is 2.80 bits per heavy atom. The van der Waals surface area contributed by atoms with Gasteiger partial charge < -0.3 is 10.5 Å². The zero-order valence-corrected chi connectivity index (χ0v) is 8.14. The molecule has 2 rings (SSSR count). The second kappa shape index (κ2) is 3.61. The molecule has 0 radical (unpaired) electrons. The molecule has 2 N–H and O–H groups in total. The molecular formula is C10H10FN3O. The SMILES string of the molecule is COc1cc(-n2ccc(N)n2)ccc1F. The van der Waals surface area contributed by atoms with E-state index in [0.29, 0.717) is 11.5 Å². The Morgan fingerprint density at radius 2 is 2.20 bits per heavy atom. The van der Waals surface area contributed by atoms with Gasteiger partial charge in [0.05, 0.1) is 12.8 Å². The number of ether oxygens (including phenoxy) is 1. The normalized spacial score (nSPS) is 10.3. The molecule has 1 aromatic heterocycles. The first kappa shape index (κ1) is 9.51. The lowest BCUT2D eigenvalue weighted by molar-refractivity contribution is 0.386. The third kappa shape index (κ3) is 1.76. The Balaban J connectivity index is 2.45. The number of methoxy groups -OCH3 is 1. The molecule has 0 bridgehead atoms. The van der Waals surface area contributed by atoms with E-state index in [9.17, 15) is 4.39 Å². The maximum absolute atomic E-state index is 13.1. The lowest BCUT2D eigenvalue weighted by Gasteiger charge is -2.05. The average Bonchev–Trinajstić information content (AvgIpc) is 2.66. The summed E-state index contributed by atoms with van der Waals surface area (Å²) < 4.78 is 19.5. The first-order valence-corrected chi connectivity index (χ1v) is 4.36. The smallest absolute Gasteiger partial charge is 0.165 e. The number of benzene rings is 1. The maximum Gasteiger partial charge on any atom is 0.165 e. The van der Waals surface area contributed by atoms with E-state index in [2.05, 4.69) is 5.10 Å². The summed E-state index contributed by atoms with van der Waals surface area (Å²) in [6, 6.07) is 6.15. The molecule has 0 unspecified atom stereocenters. The van der Waals surface area contributed by atoms with Gasteiger partial charge in [-0.25, -0.2) is 9.07 Å². The fraction of sp³-hybridized carbons (Fsp3) is 0.100. The van der Waals surface area contributed by atoms with E-state index in [0.717, 1.165) is 0 Å². The van der Waals surface area contributed by atoms with Gasteiger partial charge >= 0.3 is 0 Å². The zero-order chi connectivity index (χ0) is 10.8. The quantitative estimate of drug-likeness (QED) is 0.813. The highest BCUT2D eigenvalue weighted by Gasteiger charge is 2.05. The minimum atomic E-state index is -0.402. The molecule has 1 aromatic carbocycles. The molecule has 78 valence electrons. The lowest BCUT2D eigenvalue weighted by atomic mass is 10.3. The van der Waals surface area contributed by atoms with Gasteiger partial charge in [-0.05, 0) is 12.1 Å². The van der Waals surface area contributed by atoms with Crippen molar-refractivity contribution in [3.05, 3.63) is 36.3 Å². The Morgan fingerprint density at radius 1 is 1.40 bits per heavy atom. The molecule has 0 aliphatic heterocycles. The average molecular weight is 207 g/mol. The third-order valence-electron chi connectivity index (χ3n) is 2.01. The summed E-state index contributed by atoms with van der Waals surface area (Å²) in [7, 11) is 1.42. The molecule has 5 heteroatoms. The molecule has 0 saturated carbocycles. The fourth-order valence-corrected chi connectivity index (χ4v) is 1.27. The van der Waals surface area contributed by atoms with Crippen molar-refractivity contribution in [3.63, 3.8) is 0 Å². The summed E-state index contributed by atoms with van der Waals surface area (Å²) in [5.74, 6) is 0.196. The molecule has 4 nitrogen and oxygen atoms in total. The van der Waals surface area contributed by atoms with Crippen molar-refractivity contribution in [2.24, 2.45) is 0 Å². The van der Waals surface area contributed by atoms with Gasteiger partial charge in [0.2, 0.25) is 0 Å². The minimum Gasteiger partial charge on any atom is -0.494 e. The summed E-state index contributed by atoms with van der Waals surface area (Å²) in [4.78, 5) is 0. The highest BCUT2D eigenvalue weighted by molar-refractivity contribution is 5.41. The van der Waals surface area contributed by atoms with Crippen molar-refractivity contribution in [1.29, 1.82) is 0 Å². The predicted octanol–water partition coefficient (Wildman–Crippen LogP) is 1.60. The van der Waals surface area contributed by atoms with E-state index in [1.54, 1.807) is 29.1 Å². The first-order valence-electron chi connectivity index (χ1n) is 4.36. The number of nitrogens with zero attached hydrogens (tertiary/aromatic N) is 2. The van der Waals surface area contributed by atoms with Crippen molar-refractivity contribution in [3.8, 4) is 11.4 Å². The number of aromatic nitrogens is 2. The van der Waals surface area contributed by atoms with Gasteiger partial charge in [-0.1, -0.05) is 0 Å². The van der Waals surface area contributed by atoms with E-state index < -0.39 is 5.82 Å². The Kier molecular flexibility index (Phi) is 2.29. The number of hydrogen-bond donors (Lipinski definition) is 1. The van der Waals surface area contributed by atoms with Crippen LogP contribution >= 0.6 is 0 Å². The molecule has 0 aliphatic rings. The van der Waals surface area contributed by atoms with Crippen LogP contribution in [0.1, 0.15) is 0 Å². The monoisotopic (exact) mass is 207 g/mol. The molecule has 15 heavy (non-hydrogen) atoms. The van der Waals surface area contributed by atoms with E-state index in [-0.39, 0.29) is 5.75 Å². The van der Waals surface area contributed by atoms with Crippen LogP contribution in [0.2, 0.25) is 0 Å². The van der Waals surface area contributed by atoms with Gasteiger partial charge in [-0.15, -0.1) is 0 Å². The number of anilines is 1. The molecule has 0 amide bonds. The molecule has 0 aliphatic carbocycles. The molecule has 0 atom stereocenters. The summed E-state index contributed by atoms with van der Waals surface area (Å²) in [6.07, 6.45) is 1.70. The van der Waals surface area contributed by atoms with E-state index >= 15 is 0 Å². The Bertz CT molecular complexity index is 481. The van der Waals surface area contributed by atoms with Crippen LogP contribution in [0.15, 0.2) is 30.5 Å². The van der Waals surface area contributed by atoms with Crippen molar-refractivity contribution in [1.82, 2.24) is 9.78 Å². The summed E-state index contributed by atoms with van der Waals surface area (Å²) in [5, 5.41) is 4.00. The van der Waals surface area contributed by atoms with Crippen LogP contribution in [-0.2, 0) is 0 Å². The third-order valence-corrected chi connectivity index (χ3v) is 2.01. The largest absolute Gasteiger partial charge is 0.494 e. The van der Waals surface area contributed by atoms with Gasteiger partial charge in [0.15, 0.2) is 11.6 Å². The number of hydrogen-bond acceptors (Lipinski definition) is 3. The predicted molar refractivity (Wildman–Crippen MR) is 54.5 cm³/mol. The van der Waals surface area contributed by atoms with Gasteiger partial charge in [0.1, 0.15) is 5.82 Å². The standard InChI is InChI=1S/C10H10FN3O/c1-15-9-6-7(2-3-8(9)11)14-5-4-10(12)13-14/h2-6H,1H3,(H2,12,13). The second-order valence-electron chi connectivity index (χ2n) is 3.00. The lowest BCUT2D eigenvalue weighted by Crippen LogP contribution is -1.98. The fourth-order valence-electron chi connectivity index (χ4n) is 1.27. The maximum atomic E-state index is 13.1. The van der Waals surface area contributed by atoms with Gasteiger partial charge in [0.25, 0.3) is 0 Å². The number of nitrogen functional groups attached to an aromatic ring is 1. The topological polar surface area (TPSA) is 53.1 Å². The van der Waals surface area contributed by atoms with E-state index in [4.69, 9.17) is 10.5 Å². The first-order chi connectivity index (χ1) is 7.20. The zero-order valence-electron chi connectivity index (χ0n) is 8.14. The molecule has 0 fully saturated rings. The summed E-state index contributed by atoms with van der Waals surface area (Å²) >= 11 is 0. The van der Waals surface area contributed by atoms with Crippen LogP contribution in [0, 0.1) is 5.82 Å². The molecule has 2 aromatic rings. The van der Waals surface area contributed by atoms with Crippen LogP contribution in [0.3, 0.4) is 0 Å². The van der Waals surface area contributed by atoms with Gasteiger partial charge in [-0.3, -0.25) is 0 Å². The van der Waals surface area contributed by atoms with Crippen molar-refractivity contribution in [2.75, 3.05) is 12.8 Å². The van der Waals surface area contributed by atoms with Gasteiger partial charge in [-0.2, -0.15) is 5.10 Å². The number of halogens is 1. The second-order valence-corrected chi connectivity index (χ2v) is 3.00. The van der Waals surface area contributed by atoms with Crippen LogP contribution < -0.4 is 10.5 Å². The van der Waals surface area contributed by atoms with Crippen molar-refractivity contribution >= 4 is 5.82 Å². The number of rotatable bonds is 2. The highest BCUT2D eigenvalue weighted by atomic mass is 19.1. The number of nitrogens with two attached hydrogens (primary N) is 1. The van der Waals surface area contributed by atoms with E-state index in [1.807, 2.05) is 0 Å². The summed E-state index contributed by atoms with van der Waals surface area (Å²) in [5.41, 5.74) is 6.18. The molecule has 0 saturated heterocycles.